The molecule has 1 aliphatic rings. The Balaban J connectivity index is 1.69. The minimum absolute atomic E-state index is 0.00917. The van der Waals surface area contributed by atoms with E-state index in [2.05, 4.69) is 20.8 Å². The van der Waals surface area contributed by atoms with E-state index in [1.165, 1.54) is 12.3 Å². The smallest absolute Gasteiger partial charge is 0.365 e. The Bertz CT molecular complexity index is 860. The van der Waals surface area contributed by atoms with Crippen LogP contribution in [0.4, 0.5) is 18.9 Å². The summed E-state index contributed by atoms with van der Waals surface area (Å²) in [4.78, 5) is 30.2. The normalized spacial score (nSPS) is 16.8. The van der Waals surface area contributed by atoms with Crippen molar-refractivity contribution in [3.63, 3.8) is 0 Å². The number of alkyl halides is 3. The zero-order valence-electron chi connectivity index (χ0n) is 12.6. The number of nitrogens with two attached hydrogens (primary N) is 1. The van der Waals surface area contributed by atoms with Crippen molar-refractivity contribution in [3.8, 4) is 0 Å². The Morgan fingerprint density at radius 2 is 2.16 bits per heavy atom. The van der Waals surface area contributed by atoms with Crippen molar-refractivity contribution in [1.29, 1.82) is 0 Å². The number of fused-ring (bicyclic) bond motifs is 1. The summed E-state index contributed by atoms with van der Waals surface area (Å²) in [5.74, 6) is -2.64. The maximum Gasteiger partial charge on any atom is 0.471 e. The van der Waals surface area contributed by atoms with Crippen LogP contribution in [0.2, 0.25) is 0 Å². The number of aromatic nitrogens is 2. The standard InChI is InChI=1S/C14H13F3N6O2/c15-14(16,17)13(25)23-4-2-7(23)5-21-22-10-8-1-3-19-12(8)20-6-9(10)11(18)24/h1-4,6-7,21H,5H2,(H2,18,24)(H2,19,20,22). The van der Waals surface area contributed by atoms with E-state index < -0.39 is 24.0 Å². The average molecular weight is 354 g/mol. The molecule has 0 aromatic carbocycles. The van der Waals surface area contributed by atoms with Crippen LogP contribution >= 0.6 is 0 Å². The molecule has 1 atom stereocenters. The third kappa shape index (κ3) is 3.13. The molecule has 3 rings (SSSR count). The summed E-state index contributed by atoms with van der Waals surface area (Å²) >= 11 is 0. The maximum absolute atomic E-state index is 12.4. The molecule has 0 fully saturated rings. The molecule has 132 valence electrons. The van der Waals surface area contributed by atoms with Crippen molar-refractivity contribution >= 4 is 28.5 Å². The van der Waals surface area contributed by atoms with E-state index in [0.29, 0.717) is 21.6 Å². The molecular formula is C14H13F3N6O2. The van der Waals surface area contributed by atoms with Gasteiger partial charge in [0.15, 0.2) is 0 Å². The first-order chi connectivity index (χ1) is 11.8. The van der Waals surface area contributed by atoms with Crippen molar-refractivity contribution in [1.82, 2.24) is 20.3 Å². The summed E-state index contributed by atoms with van der Waals surface area (Å²) in [5.41, 5.74) is 11.7. The van der Waals surface area contributed by atoms with Crippen LogP contribution in [-0.2, 0) is 4.79 Å². The number of hydrazine groups is 1. The predicted octanol–water partition coefficient (Wildman–Crippen LogP) is 0.865. The Morgan fingerprint density at radius 3 is 2.76 bits per heavy atom. The number of hydrogen-bond donors (Lipinski definition) is 4. The van der Waals surface area contributed by atoms with Gasteiger partial charge in [0.1, 0.15) is 5.65 Å². The highest BCUT2D eigenvalue weighted by Crippen LogP contribution is 2.26. The molecule has 2 aromatic heterocycles. The zero-order valence-corrected chi connectivity index (χ0v) is 12.6. The second-order valence-electron chi connectivity index (χ2n) is 5.28. The van der Waals surface area contributed by atoms with Crippen molar-refractivity contribution < 1.29 is 22.8 Å². The average Bonchev–Trinajstić information content (AvgIpc) is 2.97. The molecule has 25 heavy (non-hydrogen) atoms. The molecule has 0 bridgehead atoms. The van der Waals surface area contributed by atoms with Gasteiger partial charge in [-0.2, -0.15) is 13.2 Å². The molecule has 1 unspecified atom stereocenters. The van der Waals surface area contributed by atoms with E-state index >= 15 is 0 Å². The number of primary amides is 1. The van der Waals surface area contributed by atoms with Gasteiger partial charge in [-0.1, -0.05) is 0 Å². The van der Waals surface area contributed by atoms with Gasteiger partial charge in [0, 0.05) is 30.5 Å². The molecule has 0 aliphatic carbocycles. The van der Waals surface area contributed by atoms with Crippen molar-refractivity contribution in [3.05, 3.63) is 36.3 Å². The van der Waals surface area contributed by atoms with E-state index in [1.807, 2.05) is 0 Å². The number of pyridine rings is 1. The summed E-state index contributed by atoms with van der Waals surface area (Å²) in [5, 5.41) is 0.580. The summed E-state index contributed by atoms with van der Waals surface area (Å²) in [6.45, 7) is -0.00917. The van der Waals surface area contributed by atoms with Crippen LogP contribution in [0.1, 0.15) is 10.4 Å². The number of aromatic amines is 1. The highest BCUT2D eigenvalue weighted by Gasteiger charge is 2.45. The lowest BCUT2D eigenvalue weighted by atomic mass is 10.1. The van der Waals surface area contributed by atoms with E-state index in [1.54, 1.807) is 12.3 Å². The Kier molecular flexibility index (Phi) is 4.08. The first-order valence-electron chi connectivity index (χ1n) is 7.11. The van der Waals surface area contributed by atoms with Gasteiger partial charge < -0.3 is 21.0 Å². The third-order valence-corrected chi connectivity index (χ3v) is 3.68. The number of halogens is 3. The van der Waals surface area contributed by atoms with Gasteiger partial charge in [-0.25, -0.2) is 10.4 Å². The van der Waals surface area contributed by atoms with Crippen molar-refractivity contribution in [2.45, 2.75) is 12.2 Å². The second kappa shape index (κ2) is 6.09. The lowest BCUT2D eigenvalue weighted by Gasteiger charge is -2.34. The van der Waals surface area contributed by atoms with E-state index in [-0.39, 0.29) is 12.1 Å². The number of hydrogen-bond acceptors (Lipinski definition) is 5. The number of nitrogens with one attached hydrogen (secondary N) is 3. The van der Waals surface area contributed by atoms with Gasteiger partial charge in [-0.3, -0.25) is 9.59 Å². The molecule has 0 radical (unpaired) electrons. The molecule has 0 saturated carbocycles. The highest BCUT2D eigenvalue weighted by molar-refractivity contribution is 6.05. The fourth-order valence-electron chi connectivity index (χ4n) is 2.40. The lowest BCUT2D eigenvalue weighted by Crippen LogP contribution is -2.52. The topological polar surface area (TPSA) is 116 Å². The molecule has 5 N–H and O–H groups in total. The van der Waals surface area contributed by atoms with Gasteiger partial charge in [0.25, 0.3) is 5.91 Å². The van der Waals surface area contributed by atoms with Crippen molar-refractivity contribution in [2.24, 2.45) is 5.73 Å². The Labute approximate surface area is 138 Å². The molecule has 11 heteroatoms. The van der Waals surface area contributed by atoms with Crippen LogP contribution in [0.3, 0.4) is 0 Å². The van der Waals surface area contributed by atoms with Crippen molar-refractivity contribution in [2.75, 3.05) is 12.0 Å². The van der Waals surface area contributed by atoms with Crippen LogP contribution in [-0.4, -0.2) is 45.4 Å². The number of carbonyl (C=O) groups is 2. The van der Waals surface area contributed by atoms with Crippen LogP contribution in [0, 0.1) is 0 Å². The summed E-state index contributed by atoms with van der Waals surface area (Å²) < 4.78 is 37.3. The molecule has 0 spiro atoms. The number of rotatable bonds is 5. The van der Waals surface area contributed by atoms with Gasteiger partial charge in [0.05, 0.1) is 17.3 Å². The number of amides is 2. The number of nitrogens with zero attached hydrogens (tertiary/aromatic N) is 2. The molecule has 2 aromatic rings. The SMILES string of the molecule is NC(=O)c1cnc2[nH]ccc2c1NNCC1C=CN1C(=O)C(F)(F)F. The number of carbonyl (C=O) groups excluding carboxylic acids is 2. The molecular weight excluding hydrogens is 341 g/mol. The summed E-state index contributed by atoms with van der Waals surface area (Å²) in [7, 11) is 0. The number of H-pyrrole nitrogens is 1. The summed E-state index contributed by atoms with van der Waals surface area (Å²) in [6, 6.07) is 0.906. The predicted molar refractivity (Wildman–Crippen MR) is 82.1 cm³/mol. The molecule has 8 nitrogen and oxygen atoms in total. The second-order valence-corrected chi connectivity index (χ2v) is 5.28. The minimum atomic E-state index is -4.93. The molecule has 1 aliphatic heterocycles. The Morgan fingerprint density at radius 1 is 1.40 bits per heavy atom. The maximum atomic E-state index is 12.4. The Hall–Kier alpha value is -3.08. The first kappa shape index (κ1) is 16.8. The van der Waals surface area contributed by atoms with Crippen LogP contribution in [0.5, 0.6) is 0 Å². The van der Waals surface area contributed by atoms with Gasteiger partial charge in [-0.05, 0) is 12.1 Å². The van der Waals surface area contributed by atoms with Gasteiger partial charge >= 0.3 is 12.1 Å². The van der Waals surface area contributed by atoms with Gasteiger partial charge in [0.2, 0.25) is 0 Å². The summed E-state index contributed by atoms with van der Waals surface area (Å²) in [6.07, 6.45) is 0.484. The van der Waals surface area contributed by atoms with Crippen LogP contribution < -0.4 is 16.6 Å². The largest absolute Gasteiger partial charge is 0.471 e. The number of anilines is 1. The van der Waals surface area contributed by atoms with E-state index in [4.69, 9.17) is 5.73 Å². The zero-order chi connectivity index (χ0) is 18.2. The highest BCUT2D eigenvalue weighted by atomic mass is 19.4. The first-order valence-corrected chi connectivity index (χ1v) is 7.11. The lowest BCUT2D eigenvalue weighted by molar-refractivity contribution is -0.185. The van der Waals surface area contributed by atoms with Crippen LogP contribution in [0.15, 0.2) is 30.7 Å². The van der Waals surface area contributed by atoms with E-state index in [0.717, 1.165) is 6.20 Å². The fourth-order valence-corrected chi connectivity index (χ4v) is 2.40. The van der Waals surface area contributed by atoms with E-state index in [9.17, 15) is 22.8 Å². The quantitative estimate of drug-likeness (QED) is 0.595. The van der Waals surface area contributed by atoms with Crippen LogP contribution in [0.25, 0.3) is 11.0 Å². The molecule has 0 saturated heterocycles. The van der Waals surface area contributed by atoms with Gasteiger partial charge in [-0.15, -0.1) is 0 Å². The fraction of sp³-hybridized carbons (Fsp3) is 0.214. The molecule has 3 heterocycles. The monoisotopic (exact) mass is 354 g/mol. The third-order valence-electron chi connectivity index (χ3n) is 3.68. The molecule has 2 amide bonds. The minimum Gasteiger partial charge on any atom is -0.365 e.